The number of ether oxygens (including phenoxy) is 1. The van der Waals surface area contributed by atoms with Crippen molar-refractivity contribution in [2.75, 3.05) is 11.1 Å². The number of amides is 1. The Labute approximate surface area is 215 Å². The zero-order chi connectivity index (χ0) is 24.8. The molecule has 0 aliphatic rings. The van der Waals surface area contributed by atoms with Crippen LogP contribution in [0.3, 0.4) is 0 Å². The molecule has 1 heterocycles. The first-order chi connectivity index (χ1) is 16.2. The third-order valence-electron chi connectivity index (χ3n) is 5.06. The standard InChI is InChI=1S/C25H30Cl2N4O2S/c1-15(2)13-31-24(17(5)33-21-12-7-6-9-18(21)16(3)4)29-30-25(31)34-14-22(32)28-20-11-8-10-19(26)23(20)27/h6-12,15-17H,13-14H2,1-5H3,(H,28,32). The number of hydrogen-bond acceptors (Lipinski definition) is 5. The molecule has 6 nitrogen and oxygen atoms in total. The van der Waals surface area contributed by atoms with Gasteiger partial charge < -0.3 is 14.6 Å². The lowest BCUT2D eigenvalue weighted by Gasteiger charge is -2.20. The van der Waals surface area contributed by atoms with Gasteiger partial charge in [0, 0.05) is 6.54 Å². The Bertz CT molecular complexity index is 1130. The fourth-order valence-electron chi connectivity index (χ4n) is 3.47. The molecule has 0 saturated carbocycles. The van der Waals surface area contributed by atoms with E-state index in [2.05, 4.69) is 49.3 Å². The van der Waals surface area contributed by atoms with E-state index in [1.54, 1.807) is 18.2 Å². The molecule has 1 aromatic heterocycles. The molecule has 0 saturated heterocycles. The second-order valence-corrected chi connectivity index (χ2v) is 10.5. The van der Waals surface area contributed by atoms with Crippen LogP contribution in [0.25, 0.3) is 0 Å². The molecule has 9 heteroatoms. The number of para-hydroxylation sites is 1. The van der Waals surface area contributed by atoms with E-state index in [1.165, 1.54) is 11.8 Å². The van der Waals surface area contributed by atoms with Crippen molar-refractivity contribution in [3.63, 3.8) is 0 Å². The number of hydrogen-bond donors (Lipinski definition) is 1. The number of carbonyl (C=O) groups is 1. The van der Waals surface area contributed by atoms with Gasteiger partial charge in [0.25, 0.3) is 0 Å². The molecule has 0 aliphatic carbocycles. The van der Waals surface area contributed by atoms with E-state index in [1.807, 2.05) is 29.7 Å². The number of nitrogens with one attached hydrogen (secondary N) is 1. The Morgan fingerprint density at radius 1 is 1.06 bits per heavy atom. The van der Waals surface area contributed by atoms with E-state index in [4.69, 9.17) is 27.9 Å². The van der Waals surface area contributed by atoms with E-state index >= 15 is 0 Å². The van der Waals surface area contributed by atoms with Crippen LogP contribution in [0.2, 0.25) is 10.0 Å². The van der Waals surface area contributed by atoms with Gasteiger partial charge in [-0.3, -0.25) is 4.79 Å². The summed E-state index contributed by atoms with van der Waals surface area (Å²) in [5.41, 5.74) is 1.63. The Morgan fingerprint density at radius 3 is 2.50 bits per heavy atom. The van der Waals surface area contributed by atoms with Gasteiger partial charge in [-0.15, -0.1) is 10.2 Å². The molecular weight excluding hydrogens is 491 g/mol. The summed E-state index contributed by atoms with van der Waals surface area (Å²) in [6.07, 6.45) is -0.306. The molecule has 0 bridgehead atoms. The lowest BCUT2D eigenvalue weighted by Crippen LogP contribution is -2.17. The highest BCUT2D eigenvalue weighted by Crippen LogP contribution is 2.32. The van der Waals surface area contributed by atoms with Crippen LogP contribution in [0.5, 0.6) is 5.75 Å². The van der Waals surface area contributed by atoms with Gasteiger partial charge in [0.1, 0.15) is 5.75 Å². The number of rotatable bonds is 10. The average molecular weight is 522 g/mol. The van der Waals surface area contributed by atoms with E-state index in [0.717, 1.165) is 17.1 Å². The Balaban J connectivity index is 1.75. The normalized spacial score (nSPS) is 12.3. The van der Waals surface area contributed by atoms with Crippen LogP contribution in [0, 0.1) is 5.92 Å². The Hall–Kier alpha value is -2.22. The van der Waals surface area contributed by atoms with Gasteiger partial charge in [-0.25, -0.2) is 0 Å². The Kier molecular flexibility index (Phi) is 9.28. The number of anilines is 1. The molecule has 182 valence electrons. The fourth-order valence-corrected chi connectivity index (χ4v) is 4.57. The molecule has 0 aliphatic heterocycles. The van der Waals surface area contributed by atoms with Gasteiger partial charge in [0.15, 0.2) is 17.1 Å². The zero-order valence-corrected chi connectivity index (χ0v) is 22.3. The highest BCUT2D eigenvalue weighted by molar-refractivity contribution is 7.99. The van der Waals surface area contributed by atoms with Crippen molar-refractivity contribution < 1.29 is 9.53 Å². The van der Waals surface area contributed by atoms with E-state index in [0.29, 0.717) is 39.3 Å². The van der Waals surface area contributed by atoms with Crippen molar-refractivity contribution >= 4 is 46.6 Å². The highest BCUT2D eigenvalue weighted by atomic mass is 35.5. The molecule has 1 amide bonds. The molecule has 0 spiro atoms. The summed E-state index contributed by atoms with van der Waals surface area (Å²) in [4.78, 5) is 12.6. The quantitative estimate of drug-likeness (QED) is 0.285. The van der Waals surface area contributed by atoms with Crippen molar-refractivity contribution in [2.24, 2.45) is 5.92 Å². The van der Waals surface area contributed by atoms with Crippen LogP contribution in [0.15, 0.2) is 47.6 Å². The molecule has 0 fully saturated rings. The monoisotopic (exact) mass is 520 g/mol. The average Bonchev–Trinajstić information content (AvgIpc) is 3.17. The molecular formula is C25H30Cl2N4O2S. The SMILES string of the molecule is CC(C)Cn1c(SCC(=O)Nc2cccc(Cl)c2Cl)nnc1C(C)Oc1ccccc1C(C)C. The summed E-state index contributed by atoms with van der Waals surface area (Å²) in [5, 5.41) is 13.0. The number of carbonyl (C=O) groups excluding carboxylic acids is 1. The van der Waals surface area contributed by atoms with E-state index in [-0.39, 0.29) is 17.8 Å². The first-order valence-electron chi connectivity index (χ1n) is 11.2. The number of aromatic nitrogens is 3. The third kappa shape index (κ3) is 6.68. The van der Waals surface area contributed by atoms with Crippen molar-refractivity contribution in [2.45, 2.75) is 58.3 Å². The van der Waals surface area contributed by atoms with Crippen LogP contribution in [0.4, 0.5) is 5.69 Å². The van der Waals surface area contributed by atoms with Gasteiger partial charge in [-0.2, -0.15) is 0 Å². The highest BCUT2D eigenvalue weighted by Gasteiger charge is 2.22. The minimum atomic E-state index is -0.306. The number of halogens is 2. The fraction of sp³-hybridized carbons (Fsp3) is 0.400. The maximum Gasteiger partial charge on any atom is 0.234 e. The lowest BCUT2D eigenvalue weighted by atomic mass is 10.0. The third-order valence-corrected chi connectivity index (χ3v) is 6.85. The summed E-state index contributed by atoms with van der Waals surface area (Å²) in [7, 11) is 0. The van der Waals surface area contributed by atoms with Crippen LogP contribution in [-0.2, 0) is 11.3 Å². The van der Waals surface area contributed by atoms with Crippen LogP contribution in [0.1, 0.15) is 58.0 Å². The van der Waals surface area contributed by atoms with Crippen molar-refractivity contribution in [3.05, 3.63) is 63.9 Å². The van der Waals surface area contributed by atoms with Crippen LogP contribution >= 0.6 is 35.0 Å². The maximum absolute atomic E-state index is 12.6. The van der Waals surface area contributed by atoms with Gasteiger partial charge in [0.05, 0.1) is 21.5 Å². The summed E-state index contributed by atoms with van der Waals surface area (Å²) < 4.78 is 8.36. The number of benzene rings is 2. The molecule has 1 N–H and O–H groups in total. The second kappa shape index (κ2) is 12.0. The predicted molar refractivity (Wildman–Crippen MR) is 140 cm³/mol. The smallest absolute Gasteiger partial charge is 0.234 e. The molecule has 1 atom stereocenters. The molecule has 3 aromatic rings. The zero-order valence-electron chi connectivity index (χ0n) is 20.0. The summed E-state index contributed by atoms with van der Waals surface area (Å²) in [6.45, 7) is 11.2. The molecule has 2 aromatic carbocycles. The van der Waals surface area contributed by atoms with Crippen LogP contribution in [-0.4, -0.2) is 26.4 Å². The number of thioether (sulfide) groups is 1. The minimum absolute atomic E-state index is 0.157. The van der Waals surface area contributed by atoms with E-state index in [9.17, 15) is 4.79 Å². The van der Waals surface area contributed by atoms with Crippen molar-refractivity contribution in [1.82, 2.24) is 14.8 Å². The molecule has 1 unspecified atom stereocenters. The second-order valence-electron chi connectivity index (χ2n) is 8.74. The minimum Gasteiger partial charge on any atom is -0.482 e. The summed E-state index contributed by atoms with van der Waals surface area (Å²) in [5.74, 6) is 2.23. The van der Waals surface area contributed by atoms with E-state index < -0.39 is 0 Å². The Morgan fingerprint density at radius 2 is 1.79 bits per heavy atom. The first-order valence-corrected chi connectivity index (χ1v) is 13.0. The topological polar surface area (TPSA) is 69.0 Å². The summed E-state index contributed by atoms with van der Waals surface area (Å²) in [6, 6.07) is 13.2. The molecule has 3 rings (SSSR count). The van der Waals surface area contributed by atoms with Gasteiger partial charge in [-0.1, -0.05) is 86.9 Å². The predicted octanol–water partition coefficient (Wildman–Crippen LogP) is 7.24. The van der Waals surface area contributed by atoms with Gasteiger partial charge >= 0.3 is 0 Å². The van der Waals surface area contributed by atoms with Gasteiger partial charge in [-0.05, 0) is 42.5 Å². The molecule has 0 radical (unpaired) electrons. The summed E-state index contributed by atoms with van der Waals surface area (Å²) >= 11 is 13.5. The maximum atomic E-state index is 12.6. The van der Waals surface area contributed by atoms with Crippen molar-refractivity contribution in [1.29, 1.82) is 0 Å². The van der Waals surface area contributed by atoms with Gasteiger partial charge in [0.2, 0.25) is 5.91 Å². The largest absolute Gasteiger partial charge is 0.482 e. The van der Waals surface area contributed by atoms with Crippen LogP contribution < -0.4 is 10.1 Å². The molecule has 34 heavy (non-hydrogen) atoms. The first kappa shape index (κ1) is 26.4. The van der Waals surface area contributed by atoms with Crippen molar-refractivity contribution in [3.8, 4) is 5.75 Å². The number of nitrogens with zero attached hydrogens (tertiary/aromatic N) is 3. The lowest BCUT2D eigenvalue weighted by molar-refractivity contribution is -0.113.